The number of carbonyl (C=O) groups is 2. The Morgan fingerprint density at radius 3 is 2.35 bits per heavy atom. The van der Waals surface area contributed by atoms with Crippen molar-refractivity contribution in [3.8, 4) is 0 Å². The molecule has 1 saturated carbocycles. The zero-order valence-electron chi connectivity index (χ0n) is 8.87. The Morgan fingerprint density at radius 1 is 1.35 bits per heavy atom. The molecule has 1 fully saturated rings. The maximum atomic E-state index is 11.8. The monoisotopic (exact) mass is 255 g/mol. The molecule has 0 unspecified atom stereocenters. The van der Waals surface area contributed by atoms with Gasteiger partial charge < -0.3 is 14.7 Å². The highest BCUT2D eigenvalue weighted by atomic mass is 19.4. The summed E-state index contributed by atoms with van der Waals surface area (Å²) in [6, 6.07) is -0.185. The Balaban J connectivity index is 2.41. The minimum atomic E-state index is -4.57. The normalized spacial score (nSPS) is 15.5. The molecule has 1 amide bonds. The van der Waals surface area contributed by atoms with E-state index < -0.39 is 24.8 Å². The van der Waals surface area contributed by atoms with Gasteiger partial charge in [-0.3, -0.25) is 4.79 Å². The predicted octanol–water partition coefficient (Wildman–Crippen LogP) is 1.62. The summed E-state index contributed by atoms with van der Waals surface area (Å²) in [4.78, 5) is 22.7. The second kappa shape index (κ2) is 5.24. The van der Waals surface area contributed by atoms with Gasteiger partial charge >= 0.3 is 18.2 Å². The molecular formula is C9H12F3NO4. The van der Waals surface area contributed by atoms with Gasteiger partial charge in [-0.2, -0.15) is 13.2 Å². The number of rotatable bonds is 5. The van der Waals surface area contributed by atoms with Crippen LogP contribution in [-0.2, 0) is 9.53 Å². The Labute approximate surface area is 95.1 Å². The van der Waals surface area contributed by atoms with E-state index in [-0.39, 0.29) is 19.0 Å². The van der Waals surface area contributed by atoms with Gasteiger partial charge in [0.1, 0.15) is 0 Å². The largest absolute Gasteiger partial charge is 0.481 e. The van der Waals surface area contributed by atoms with Crippen LogP contribution >= 0.6 is 0 Å². The van der Waals surface area contributed by atoms with E-state index in [1.165, 1.54) is 0 Å². The number of carboxylic acids is 1. The maximum Gasteiger partial charge on any atom is 0.422 e. The molecule has 98 valence electrons. The summed E-state index contributed by atoms with van der Waals surface area (Å²) in [5, 5.41) is 8.45. The number of carbonyl (C=O) groups excluding carboxylic acids is 1. The lowest BCUT2D eigenvalue weighted by Gasteiger charge is -2.21. The molecule has 0 aromatic carbocycles. The van der Waals surface area contributed by atoms with E-state index in [1.54, 1.807) is 0 Å². The topological polar surface area (TPSA) is 66.8 Å². The molecule has 8 heteroatoms. The van der Waals surface area contributed by atoms with Crippen molar-refractivity contribution in [3.05, 3.63) is 0 Å². The lowest BCUT2D eigenvalue weighted by Crippen LogP contribution is -2.37. The number of alkyl halides is 3. The van der Waals surface area contributed by atoms with Gasteiger partial charge in [0.2, 0.25) is 0 Å². The average molecular weight is 255 g/mol. The van der Waals surface area contributed by atoms with Crippen LogP contribution in [0, 0.1) is 0 Å². The molecule has 17 heavy (non-hydrogen) atoms. The summed E-state index contributed by atoms with van der Waals surface area (Å²) in [6.07, 6.45) is -4.65. The summed E-state index contributed by atoms with van der Waals surface area (Å²) in [7, 11) is 0. The van der Waals surface area contributed by atoms with Crippen LogP contribution in [0.2, 0.25) is 0 Å². The zero-order valence-corrected chi connectivity index (χ0v) is 8.87. The summed E-state index contributed by atoms with van der Waals surface area (Å²) < 4.78 is 39.5. The van der Waals surface area contributed by atoms with E-state index in [0.717, 1.165) is 4.90 Å². The van der Waals surface area contributed by atoms with Crippen molar-refractivity contribution in [1.29, 1.82) is 0 Å². The quantitative estimate of drug-likeness (QED) is 0.810. The fourth-order valence-electron chi connectivity index (χ4n) is 1.25. The van der Waals surface area contributed by atoms with E-state index in [1.807, 2.05) is 0 Å². The first kappa shape index (κ1) is 13.6. The lowest BCUT2D eigenvalue weighted by molar-refractivity contribution is -0.162. The third-order valence-electron chi connectivity index (χ3n) is 2.15. The minimum Gasteiger partial charge on any atom is -0.481 e. The van der Waals surface area contributed by atoms with Crippen LogP contribution in [0.1, 0.15) is 19.3 Å². The first-order chi connectivity index (χ1) is 7.79. The highest BCUT2D eigenvalue weighted by molar-refractivity contribution is 5.71. The van der Waals surface area contributed by atoms with Gasteiger partial charge in [0.15, 0.2) is 6.61 Å². The molecule has 0 atom stereocenters. The Hall–Kier alpha value is -1.47. The van der Waals surface area contributed by atoms with E-state index in [0.29, 0.717) is 12.8 Å². The van der Waals surface area contributed by atoms with Crippen LogP contribution in [0.4, 0.5) is 18.0 Å². The maximum absolute atomic E-state index is 11.8. The summed E-state index contributed by atoms with van der Waals surface area (Å²) in [5.74, 6) is -1.11. The van der Waals surface area contributed by atoms with Crippen molar-refractivity contribution < 1.29 is 32.6 Å². The van der Waals surface area contributed by atoms with Crippen LogP contribution in [0.15, 0.2) is 0 Å². The highest BCUT2D eigenvalue weighted by Gasteiger charge is 2.36. The Morgan fingerprint density at radius 2 is 1.94 bits per heavy atom. The van der Waals surface area contributed by atoms with Crippen molar-refractivity contribution in [1.82, 2.24) is 4.90 Å². The molecule has 0 saturated heterocycles. The van der Waals surface area contributed by atoms with Crippen LogP contribution in [0.3, 0.4) is 0 Å². The average Bonchev–Trinajstić information content (AvgIpc) is 2.97. The fraction of sp³-hybridized carbons (Fsp3) is 0.778. The van der Waals surface area contributed by atoms with Crippen molar-refractivity contribution in [3.63, 3.8) is 0 Å². The van der Waals surface area contributed by atoms with Gasteiger partial charge in [0.05, 0.1) is 6.42 Å². The van der Waals surface area contributed by atoms with Crippen molar-refractivity contribution in [2.75, 3.05) is 13.2 Å². The molecule has 0 aromatic rings. The highest BCUT2D eigenvalue weighted by Crippen LogP contribution is 2.28. The number of nitrogens with zero attached hydrogens (tertiary/aromatic N) is 1. The third-order valence-corrected chi connectivity index (χ3v) is 2.15. The molecule has 0 heterocycles. The summed E-state index contributed by atoms with van der Waals surface area (Å²) in [5.41, 5.74) is 0. The number of carboxylic acid groups (broad SMARTS) is 1. The van der Waals surface area contributed by atoms with E-state index in [2.05, 4.69) is 4.74 Å². The fourth-order valence-corrected chi connectivity index (χ4v) is 1.25. The zero-order chi connectivity index (χ0) is 13.1. The van der Waals surface area contributed by atoms with Crippen LogP contribution in [0.5, 0.6) is 0 Å². The number of halogens is 3. The number of ether oxygens (including phenoxy) is 1. The van der Waals surface area contributed by atoms with Gasteiger partial charge in [-0.15, -0.1) is 0 Å². The van der Waals surface area contributed by atoms with Crippen LogP contribution < -0.4 is 0 Å². The van der Waals surface area contributed by atoms with Gasteiger partial charge in [-0.05, 0) is 12.8 Å². The first-order valence-electron chi connectivity index (χ1n) is 5.01. The van der Waals surface area contributed by atoms with Crippen LogP contribution in [0.25, 0.3) is 0 Å². The van der Waals surface area contributed by atoms with E-state index in [4.69, 9.17) is 5.11 Å². The Kier molecular flexibility index (Phi) is 4.19. The molecule has 1 aliphatic rings. The molecule has 0 bridgehead atoms. The van der Waals surface area contributed by atoms with Gasteiger partial charge in [0.25, 0.3) is 0 Å². The molecule has 1 rings (SSSR count). The molecule has 0 radical (unpaired) electrons. The third kappa shape index (κ3) is 5.41. The number of aliphatic carboxylic acids is 1. The molecule has 0 aromatic heterocycles. The molecular weight excluding hydrogens is 243 g/mol. The van der Waals surface area contributed by atoms with Gasteiger partial charge in [-0.1, -0.05) is 0 Å². The lowest BCUT2D eigenvalue weighted by atomic mass is 10.4. The van der Waals surface area contributed by atoms with E-state index in [9.17, 15) is 22.8 Å². The summed E-state index contributed by atoms with van der Waals surface area (Å²) in [6.45, 7) is -1.78. The number of hydrogen-bond donors (Lipinski definition) is 1. The predicted molar refractivity (Wildman–Crippen MR) is 49.4 cm³/mol. The minimum absolute atomic E-state index is 0.128. The smallest absolute Gasteiger partial charge is 0.422 e. The number of hydrogen-bond acceptors (Lipinski definition) is 3. The van der Waals surface area contributed by atoms with Crippen molar-refractivity contribution in [2.45, 2.75) is 31.5 Å². The van der Waals surface area contributed by atoms with E-state index >= 15 is 0 Å². The van der Waals surface area contributed by atoms with Crippen LogP contribution in [-0.4, -0.2) is 47.4 Å². The molecule has 0 aliphatic heterocycles. The number of amides is 1. The van der Waals surface area contributed by atoms with Gasteiger partial charge in [0, 0.05) is 12.6 Å². The standard InChI is InChI=1S/C9H12F3NO4/c10-9(11,12)5-17-8(16)13(6-1-2-6)4-3-7(14)15/h6H,1-5H2,(H,14,15). The van der Waals surface area contributed by atoms with Crippen molar-refractivity contribution >= 4 is 12.1 Å². The second-order valence-electron chi connectivity index (χ2n) is 3.74. The summed E-state index contributed by atoms with van der Waals surface area (Å²) >= 11 is 0. The SMILES string of the molecule is O=C(O)CCN(C(=O)OCC(F)(F)F)C1CC1. The second-order valence-corrected chi connectivity index (χ2v) is 3.74. The molecule has 1 aliphatic carbocycles. The van der Waals surface area contributed by atoms with Crippen molar-refractivity contribution in [2.24, 2.45) is 0 Å². The first-order valence-corrected chi connectivity index (χ1v) is 5.01. The molecule has 0 spiro atoms. The Bertz CT molecular complexity index is 301. The van der Waals surface area contributed by atoms with Gasteiger partial charge in [-0.25, -0.2) is 4.79 Å². The molecule has 5 nitrogen and oxygen atoms in total. The molecule has 1 N–H and O–H groups in total.